The van der Waals surface area contributed by atoms with Gasteiger partial charge in [0.1, 0.15) is 0 Å². The molecule has 0 amide bonds. The Bertz CT molecular complexity index is 467. The van der Waals surface area contributed by atoms with E-state index in [0.717, 1.165) is 5.56 Å². The van der Waals surface area contributed by atoms with E-state index in [-0.39, 0.29) is 11.1 Å². The molecule has 0 bridgehead atoms. The van der Waals surface area contributed by atoms with E-state index >= 15 is 0 Å². The lowest BCUT2D eigenvalue weighted by molar-refractivity contribution is 0.0601. The molecule has 2 N–H and O–H groups in total. The second-order valence-corrected chi connectivity index (χ2v) is 3.52. The first kappa shape index (κ1) is 10.5. The number of ether oxygens (including phenoxy) is 1. The lowest BCUT2D eigenvalue weighted by Crippen LogP contribution is -2.07. The number of fused-ring (bicyclic) bond motifs is 1. The quantitative estimate of drug-likeness (QED) is 0.732. The summed E-state index contributed by atoms with van der Waals surface area (Å²) in [5.74, 6) is -1.55. The number of carboxylic acid groups (broad SMARTS) is 1. The van der Waals surface area contributed by atoms with Gasteiger partial charge in [0.05, 0.1) is 18.2 Å². The molecule has 0 unspecified atom stereocenters. The highest BCUT2D eigenvalue weighted by atomic mass is 16.5. The standard InChI is InChI=1S/C11H11NO4/c1-16-11(15)6-4-8(10(13)14)7-2-3-12-9(7)5-6/h4-5,12H,2-3H2,1H3,(H,13,14). The number of aromatic carboxylic acids is 1. The fourth-order valence-electron chi connectivity index (χ4n) is 1.85. The number of carbonyl (C=O) groups excluding carboxylic acids is 1. The third-order valence-electron chi connectivity index (χ3n) is 2.59. The van der Waals surface area contributed by atoms with Crippen LogP contribution in [0.1, 0.15) is 26.3 Å². The molecule has 16 heavy (non-hydrogen) atoms. The van der Waals surface area contributed by atoms with Gasteiger partial charge in [-0.2, -0.15) is 0 Å². The van der Waals surface area contributed by atoms with Gasteiger partial charge in [-0.05, 0) is 24.1 Å². The van der Waals surface area contributed by atoms with E-state index < -0.39 is 11.9 Å². The minimum absolute atomic E-state index is 0.169. The number of esters is 1. The molecule has 1 aromatic rings. The summed E-state index contributed by atoms with van der Waals surface area (Å²) in [6.45, 7) is 0.695. The zero-order chi connectivity index (χ0) is 11.7. The van der Waals surface area contributed by atoms with Crippen LogP contribution >= 0.6 is 0 Å². The molecule has 0 aliphatic carbocycles. The van der Waals surface area contributed by atoms with Crippen LogP contribution in [-0.4, -0.2) is 30.7 Å². The van der Waals surface area contributed by atoms with Crippen molar-refractivity contribution in [3.63, 3.8) is 0 Å². The Morgan fingerprint density at radius 3 is 2.81 bits per heavy atom. The number of methoxy groups -OCH3 is 1. The predicted octanol–water partition coefficient (Wildman–Crippen LogP) is 1.14. The molecule has 0 fully saturated rings. The number of benzene rings is 1. The summed E-state index contributed by atoms with van der Waals surface area (Å²) in [7, 11) is 1.27. The number of carbonyl (C=O) groups is 2. The van der Waals surface area contributed by atoms with E-state index in [4.69, 9.17) is 5.11 Å². The van der Waals surface area contributed by atoms with Crippen LogP contribution in [0.25, 0.3) is 0 Å². The molecule has 2 rings (SSSR count). The van der Waals surface area contributed by atoms with E-state index in [0.29, 0.717) is 18.7 Å². The SMILES string of the molecule is COC(=O)c1cc2c(c(C(=O)O)c1)CCN2. The highest BCUT2D eigenvalue weighted by molar-refractivity contribution is 5.98. The van der Waals surface area contributed by atoms with Crippen molar-refractivity contribution in [1.82, 2.24) is 0 Å². The van der Waals surface area contributed by atoms with Crippen molar-refractivity contribution in [2.45, 2.75) is 6.42 Å². The molecule has 1 aliphatic rings. The van der Waals surface area contributed by atoms with Gasteiger partial charge in [0.15, 0.2) is 0 Å². The van der Waals surface area contributed by atoms with Crippen molar-refractivity contribution >= 4 is 17.6 Å². The second-order valence-electron chi connectivity index (χ2n) is 3.52. The molecular weight excluding hydrogens is 210 g/mol. The number of hydrogen-bond donors (Lipinski definition) is 2. The Hall–Kier alpha value is -2.04. The van der Waals surface area contributed by atoms with Crippen LogP contribution < -0.4 is 5.32 Å². The predicted molar refractivity (Wildman–Crippen MR) is 56.9 cm³/mol. The molecule has 5 nitrogen and oxygen atoms in total. The molecule has 1 aliphatic heterocycles. The third-order valence-corrected chi connectivity index (χ3v) is 2.59. The highest BCUT2D eigenvalue weighted by Crippen LogP contribution is 2.28. The van der Waals surface area contributed by atoms with Crippen molar-refractivity contribution in [3.8, 4) is 0 Å². The molecule has 1 heterocycles. The van der Waals surface area contributed by atoms with Crippen molar-refractivity contribution in [2.75, 3.05) is 19.0 Å². The Labute approximate surface area is 92.0 Å². The van der Waals surface area contributed by atoms with Gasteiger partial charge >= 0.3 is 11.9 Å². The van der Waals surface area contributed by atoms with Crippen molar-refractivity contribution in [3.05, 3.63) is 28.8 Å². The fourth-order valence-corrected chi connectivity index (χ4v) is 1.85. The van der Waals surface area contributed by atoms with E-state index in [1.807, 2.05) is 0 Å². The van der Waals surface area contributed by atoms with Gasteiger partial charge in [0.2, 0.25) is 0 Å². The molecule has 5 heteroatoms. The number of anilines is 1. The molecule has 1 aromatic carbocycles. The summed E-state index contributed by atoms with van der Waals surface area (Å²) >= 11 is 0. The van der Waals surface area contributed by atoms with Gasteiger partial charge in [-0.25, -0.2) is 9.59 Å². The summed E-state index contributed by atoms with van der Waals surface area (Å²) in [4.78, 5) is 22.4. The topological polar surface area (TPSA) is 75.6 Å². The Morgan fingerprint density at radius 1 is 1.44 bits per heavy atom. The molecule has 0 spiro atoms. The van der Waals surface area contributed by atoms with Crippen LogP contribution in [-0.2, 0) is 11.2 Å². The average Bonchev–Trinajstić information content (AvgIpc) is 2.74. The van der Waals surface area contributed by atoms with E-state index in [1.54, 1.807) is 6.07 Å². The average molecular weight is 221 g/mol. The largest absolute Gasteiger partial charge is 0.478 e. The number of rotatable bonds is 2. The summed E-state index contributed by atoms with van der Waals surface area (Å²) in [6.07, 6.45) is 0.665. The Kier molecular flexibility index (Phi) is 2.52. The van der Waals surface area contributed by atoms with Crippen molar-refractivity contribution in [1.29, 1.82) is 0 Å². The lowest BCUT2D eigenvalue weighted by atomic mass is 10.0. The first-order chi connectivity index (χ1) is 7.63. The van der Waals surface area contributed by atoms with Gasteiger partial charge in [0.25, 0.3) is 0 Å². The fraction of sp³-hybridized carbons (Fsp3) is 0.273. The van der Waals surface area contributed by atoms with Crippen LogP contribution in [0.15, 0.2) is 12.1 Å². The monoisotopic (exact) mass is 221 g/mol. The first-order valence-corrected chi connectivity index (χ1v) is 4.86. The molecule has 0 saturated heterocycles. The number of carboxylic acids is 1. The van der Waals surface area contributed by atoms with Gasteiger partial charge in [0, 0.05) is 12.2 Å². The van der Waals surface area contributed by atoms with Crippen LogP contribution in [0.4, 0.5) is 5.69 Å². The molecule has 0 radical (unpaired) electrons. The van der Waals surface area contributed by atoms with E-state index in [2.05, 4.69) is 10.1 Å². The number of nitrogens with one attached hydrogen (secondary N) is 1. The maximum Gasteiger partial charge on any atom is 0.337 e. The zero-order valence-corrected chi connectivity index (χ0v) is 8.74. The van der Waals surface area contributed by atoms with Crippen molar-refractivity contribution < 1.29 is 19.4 Å². The van der Waals surface area contributed by atoms with E-state index in [1.165, 1.54) is 13.2 Å². The minimum atomic E-state index is -1.02. The lowest BCUT2D eigenvalue weighted by Gasteiger charge is -2.07. The normalized spacial score (nSPS) is 12.8. The highest BCUT2D eigenvalue weighted by Gasteiger charge is 2.21. The Balaban J connectivity index is 2.56. The number of hydrogen-bond acceptors (Lipinski definition) is 4. The molecule has 84 valence electrons. The van der Waals surface area contributed by atoms with Gasteiger partial charge in [-0.15, -0.1) is 0 Å². The molecule has 0 saturated carbocycles. The van der Waals surface area contributed by atoms with Crippen molar-refractivity contribution in [2.24, 2.45) is 0 Å². The van der Waals surface area contributed by atoms with Gasteiger partial charge in [-0.1, -0.05) is 0 Å². The maximum absolute atomic E-state index is 11.3. The smallest absolute Gasteiger partial charge is 0.337 e. The molecule has 0 aromatic heterocycles. The van der Waals surface area contributed by atoms with Crippen LogP contribution in [0.2, 0.25) is 0 Å². The van der Waals surface area contributed by atoms with Gasteiger partial charge in [-0.3, -0.25) is 0 Å². The van der Waals surface area contributed by atoms with E-state index in [9.17, 15) is 9.59 Å². The summed E-state index contributed by atoms with van der Waals surface area (Å²) in [5, 5.41) is 12.1. The summed E-state index contributed by atoms with van der Waals surface area (Å²) in [5.41, 5.74) is 1.89. The molecular formula is C11H11NO4. The van der Waals surface area contributed by atoms with Crippen LogP contribution in [0, 0.1) is 0 Å². The van der Waals surface area contributed by atoms with Gasteiger partial charge < -0.3 is 15.2 Å². The van der Waals surface area contributed by atoms with Crippen LogP contribution in [0.3, 0.4) is 0 Å². The summed E-state index contributed by atoms with van der Waals surface area (Å²) < 4.78 is 4.57. The Morgan fingerprint density at radius 2 is 2.19 bits per heavy atom. The first-order valence-electron chi connectivity index (χ1n) is 4.86. The van der Waals surface area contributed by atoms with Crippen LogP contribution in [0.5, 0.6) is 0 Å². The molecule has 0 atom stereocenters. The second kappa shape index (κ2) is 3.84. The summed E-state index contributed by atoms with van der Waals surface area (Å²) in [6, 6.07) is 2.99. The third kappa shape index (κ3) is 1.60. The maximum atomic E-state index is 11.3. The zero-order valence-electron chi connectivity index (χ0n) is 8.74. The minimum Gasteiger partial charge on any atom is -0.478 e.